The third kappa shape index (κ3) is 4.56. The van der Waals surface area contributed by atoms with Gasteiger partial charge in [-0.05, 0) is 64.4 Å². The Morgan fingerprint density at radius 2 is 1.00 bits per heavy atom. The van der Waals surface area contributed by atoms with Crippen LogP contribution in [0.5, 0.6) is 0 Å². The van der Waals surface area contributed by atoms with E-state index in [1.54, 1.807) is 0 Å². The standard InChI is InChI=1S/C42H28N2S/c1-3-10-27(11-4-1)38-26-39(28-12-5-2-6-13-28)44-42(43-38)32-21-23-34-30(25-32)19-18-29-24-31(20-22-33(29)34)35-15-9-16-37-36-14-7-8-17-40(36)45-41(35)37/h1-17,20-26H,18-19H2. The molecule has 0 atom stereocenters. The van der Waals surface area contributed by atoms with Gasteiger partial charge >= 0.3 is 0 Å². The fourth-order valence-electron chi connectivity index (χ4n) is 6.77. The maximum absolute atomic E-state index is 5.07. The second-order valence-electron chi connectivity index (χ2n) is 11.7. The molecule has 0 fully saturated rings. The third-order valence-electron chi connectivity index (χ3n) is 9.00. The summed E-state index contributed by atoms with van der Waals surface area (Å²) in [5, 5.41) is 2.69. The van der Waals surface area contributed by atoms with Gasteiger partial charge in [-0.3, -0.25) is 0 Å². The van der Waals surface area contributed by atoms with Gasteiger partial charge in [0.05, 0.1) is 11.4 Å². The fourth-order valence-corrected chi connectivity index (χ4v) is 8.01. The van der Waals surface area contributed by atoms with Gasteiger partial charge in [0.1, 0.15) is 0 Å². The highest BCUT2D eigenvalue weighted by Gasteiger charge is 2.20. The second kappa shape index (κ2) is 10.7. The molecule has 212 valence electrons. The molecule has 6 aromatic carbocycles. The lowest BCUT2D eigenvalue weighted by Gasteiger charge is -2.22. The minimum Gasteiger partial charge on any atom is -0.228 e. The highest BCUT2D eigenvalue weighted by atomic mass is 32.1. The summed E-state index contributed by atoms with van der Waals surface area (Å²) in [5.41, 5.74) is 13.1. The van der Waals surface area contributed by atoms with Crippen LogP contribution in [-0.4, -0.2) is 9.97 Å². The van der Waals surface area contributed by atoms with Gasteiger partial charge in [-0.1, -0.05) is 127 Å². The van der Waals surface area contributed by atoms with Gasteiger partial charge in [0, 0.05) is 36.9 Å². The van der Waals surface area contributed by atoms with Crippen LogP contribution in [0.4, 0.5) is 0 Å². The van der Waals surface area contributed by atoms with Gasteiger partial charge in [0.25, 0.3) is 0 Å². The highest BCUT2D eigenvalue weighted by Crippen LogP contribution is 2.42. The Kier molecular flexibility index (Phi) is 6.17. The molecule has 3 heteroatoms. The molecule has 0 unspecified atom stereocenters. The molecule has 2 heterocycles. The zero-order valence-electron chi connectivity index (χ0n) is 24.6. The monoisotopic (exact) mass is 592 g/mol. The van der Waals surface area contributed by atoms with Crippen molar-refractivity contribution in [3.8, 4) is 56.2 Å². The number of benzene rings is 6. The van der Waals surface area contributed by atoms with Crippen LogP contribution in [0.3, 0.4) is 0 Å². The van der Waals surface area contributed by atoms with Gasteiger partial charge in [0.15, 0.2) is 5.82 Å². The predicted octanol–water partition coefficient (Wildman–Crippen LogP) is 11.3. The van der Waals surface area contributed by atoms with Crippen LogP contribution in [0.2, 0.25) is 0 Å². The Morgan fingerprint density at radius 3 is 1.69 bits per heavy atom. The third-order valence-corrected chi connectivity index (χ3v) is 10.2. The number of aromatic nitrogens is 2. The molecule has 9 rings (SSSR count). The smallest absolute Gasteiger partial charge is 0.160 e. The first-order chi connectivity index (χ1) is 22.3. The minimum absolute atomic E-state index is 0.760. The van der Waals surface area contributed by atoms with Crippen molar-refractivity contribution in [3.05, 3.63) is 157 Å². The van der Waals surface area contributed by atoms with Gasteiger partial charge in [-0.2, -0.15) is 0 Å². The van der Waals surface area contributed by atoms with Crippen molar-refractivity contribution in [2.75, 3.05) is 0 Å². The maximum atomic E-state index is 5.07. The summed E-state index contributed by atoms with van der Waals surface area (Å²) in [6.45, 7) is 0. The molecule has 0 aliphatic heterocycles. The van der Waals surface area contributed by atoms with Crippen LogP contribution in [0.1, 0.15) is 11.1 Å². The average Bonchev–Trinajstić information content (AvgIpc) is 3.51. The SMILES string of the molecule is c1ccc(-c2cc(-c3ccccc3)nc(-c3ccc4c(c3)CCc3cc(-c5cccc6c5sc5ccccc56)ccc3-4)n2)cc1. The Labute approximate surface area is 266 Å². The summed E-state index contributed by atoms with van der Waals surface area (Å²) >= 11 is 1.90. The minimum atomic E-state index is 0.760. The molecule has 2 aromatic heterocycles. The van der Waals surface area contributed by atoms with Crippen LogP contribution >= 0.6 is 11.3 Å². The number of thiophene rings is 1. The van der Waals surface area contributed by atoms with E-state index in [0.29, 0.717) is 0 Å². The van der Waals surface area contributed by atoms with Crippen LogP contribution < -0.4 is 0 Å². The normalized spacial score (nSPS) is 12.3. The van der Waals surface area contributed by atoms with E-state index in [1.165, 1.54) is 53.6 Å². The van der Waals surface area contributed by atoms with Crippen molar-refractivity contribution >= 4 is 31.5 Å². The van der Waals surface area contributed by atoms with Gasteiger partial charge < -0.3 is 0 Å². The van der Waals surface area contributed by atoms with E-state index in [1.807, 2.05) is 23.5 Å². The van der Waals surface area contributed by atoms with E-state index in [0.717, 1.165) is 46.7 Å². The molecule has 0 saturated heterocycles. The summed E-state index contributed by atoms with van der Waals surface area (Å²) in [7, 11) is 0. The lowest BCUT2D eigenvalue weighted by atomic mass is 9.83. The molecule has 0 saturated carbocycles. The molecule has 0 radical (unpaired) electrons. The molecule has 8 aromatic rings. The van der Waals surface area contributed by atoms with Crippen LogP contribution in [0.25, 0.3) is 76.3 Å². The highest BCUT2D eigenvalue weighted by molar-refractivity contribution is 7.26. The van der Waals surface area contributed by atoms with Crippen LogP contribution in [0.15, 0.2) is 146 Å². The topological polar surface area (TPSA) is 25.8 Å². The quantitative estimate of drug-likeness (QED) is 0.203. The predicted molar refractivity (Wildman–Crippen MR) is 190 cm³/mol. The molecular formula is C42H28N2S. The summed E-state index contributed by atoms with van der Waals surface area (Å²) in [6.07, 6.45) is 2.01. The summed E-state index contributed by atoms with van der Waals surface area (Å²) in [4.78, 5) is 10.1. The average molecular weight is 593 g/mol. The molecular weight excluding hydrogens is 565 g/mol. The molecule has 0 amide bonds. The Bertz CT molecular complexity index is 2310. The summed E-state index contributed by atoms with van der Waals surface area (Å²) in [5.74, 6) is 0.760. The molecule has 0 spiro atoms. The molecule has 1 aliphatic rings. The van der Waals surface area contributed by atoms with Crippen molar-refractivity contribution in [1.29, 1.82) is 0 Å². The van der Waals surface area contributed by atoms with Crippen LogP contribution in [0, 0.1) is 0 Å². The number of rotatable bonds is 4. The number of hydrogen-bond donors (Lipinski definition) is 0. The van der Waals surface area contributed by atoms with Gasteiger partial charge in [0.2, 0.25) is 0 Å². The number of hydrogen-bond acceptors (Lipinski definition) is 3. The molecule has 2 nitrogen and oxygen atoms in total. The van der Waals surface area contributed by atoms with E-state index in [9.17, 15) is 0 Å². The molecule has 0 bridgehead atoms. The van der Waals surface area contributed by atoms with E-state index >= 15 is 0 Å². The fraction of sp³-hybridized carbons (Fsp3) is 0.0476. The van der Waals surface area contributed by atoms with Crippen LogP contribution in [-0.2, 0) is 12.8 Å². The first kappa shape index (κ1) is 26.1. The van der Waals surface area contributed by atoms with Gasteiger partial charge in [-0.15, -0.1) is 11.3 Å². The maximum Gasteiger partial charge on any atom is 0.160 e. The lowest BCUT2D eigenvalue weighted by Crippen LogP contribution is -2.05. The van der Waals surface area contributed by atoms with E-state index in [4.69, 9.17) is 9.97 Å². The van der Waals surface area contributed by atoms with Crippen molar-refractivity contribution in [3.63, 3.8) is 0 Å². The Balaban J connectivity index is 1.11. The van der Waals surface area contributed by atoms with Crippen molar-refractivity contribution in [1.82, 2.24) is 9.97 Å². The molecule has 0 N–H and O–H groups in total. The van der Waals surface area contributed by atoms with E-state index < -0.39 is 0 Å². The lowest BCUT2D eigenvalue weighted by molar-refractivity contribution is 0.942. The largest absolute Gasteiger partial charge is 0.228 e. The van der Waals surface area contributed by atoms with E-state index in [-0.39, 0.29) is 0 Å². The Hall–Kier alpha value is -5.38. The number of aryl methyl sites for hydroxylation is 2. The van der Waals surface area contributed by atoms with Gasteiger partial charge in [-0.25, -0.2) is 9.97 Å². The summed E-state index contributed by atoms with van der Waals surface area (Å²) in [6, 6.07) is 52.2. The van der Waals surface area contributed by atoms with Crippen molar-refractivity contribution < 1.29 is 0 Å². The van der Waals surface area contributed by atoms with Crippen molar-refractivity contribution in [2.24, 2.45) is 0 Å². The second-order valence-corrected chi connectivity index (χ2v) is 12.8. The number of fused-ring (bicyclic) bond motifs is 6. The first-order valence-corrected chi connectivity index (χ1v) is 16.3. The zero-order valence-corrected chi connectivity index (χ0v) is 25.4. The zero-order chi connectivity index (χ0) is 29.7. The number of nitrogens with zero attached hydrogens (tertiary/aromatic N) is 2. The summed E-state index contributed by atoms with van der Waals surface area (Å²) < 4.78 is 2.71. The molecule has 45 heavy (non-hydrogen) atoms. The molecule has 1 aliphatic carbocycles. The Morgan fingerprint density at radius 1 is 0.422 bits per heavy atom. The van der Waals surface area contributed by atoms with Crippen molar-refractivity contribution in [2.45, 2.75) is 12.8 Å². The van der Waals surface area contributed by atoms with E-state index in [2.05, 4.69) is 133 Å². The first-order valence-electron chi connectivity index (χ1n) is 15.5.